The Morgan fingerprint density at radius 1 is 1.24 bits per heavy atom. The Bertz CT molecular complexity index is 1200. The minimum atomic E-state index is 0.130. The third-order valence-electron chi connectivity index (χ3n) is 5.37. The number of hydrogen-bond donors (Lipinski definition) is 0. The molecule has 0 N–H and O–H groups in total. The first-order chi connectivity index (χ1) is 14.1. The summed E-state index contributed by atoms with van der Waals surface area (Å²) in [5, 5.41) is 5.61. The number of nitrogens with zero attached hydrogens (tertiary/aromatic N) is 4. The lowest BCUT2D eigenvalue weighted by Crippen LogP contribution is -2.13. The van der Waals surface area contributed by atoms with E-state index in [1.807, 2.05) is 39.5 Å². The summed E-state index contributed by atoms with van der Waals surface area (Å²) in [4.78, 5) is 4.34. The van der Waals surface area contributed by atoms with Crippen LogP contribution in [0.3, 0.4) is 0 Å². The van der Waals surface area contributed by atoms with E-state index in [1.54, 1.807) is 13.3 Å². The maximum atomic E-state index is 6.24. The quantitative estimate of drug-likeness (QED) is 0.505. The highest BCUT2D eigenvalue weighted by molar-refractivity contribution is 6.32. The SMILES string of the molecule is COc1cc(-n2nc(-c3ccc4nccn4c3)c3c2C[C@@H](C)OCC3)ccc1Cl. The fourth-order valence-electron chi connectivity index (χ4n) is 3.94. The predicted molar refractivity (Wildman–Crippen MR) is 112 cm³/mol. The normalized spacial score (nSPS) is 16.6. The molecule has 1 aliphatic rings. The number of rotatable bonds is 3. The molecule has 29 heavy (non-hydrogen) atoms. The minimum Gasteiger partial charge on any atom is -0.495 e. The Morgan fingerprint density at radius 2 is 2.14 bits per heavy atom. The number of methoxy groups -OCH3 is 1. The third kappa shape index (κ3) is 3.18. The molecular weight excluding hydrogens is 388 g/mol. The van der Waals surface area contributed by atoms with E-state index in [0.717, 1.165) is 35.4 Å². The number of benzene rings is 1. The van der Waals surface area contributed by atoms with Gasteiger partial charge in [-0.05, 0) is 37.6 Å². The average molecular weight is 409 g/mol. The van der Waals surface area contributed by atoms with Gasteiger partial charge in [-0.3, -0.25) is 0 Å². The van der Waals surface area contributed by atoms with Crippen molar-refractivity contribution in [2.45, 2.75) is 25.9 Å². The summed E-state index contributed by atoms with van der Waals surface area (Å²) in [6.07, 6.45) is 7.57. The first-order valence-corrected chi connectivity index (χ1v) is 10.0. The molecule has 5 rings (SSSR count). The Labute approximate surface area is 173 Å². The van der Waals surface area contributed by atoms with Crippen molar-refractivity contribution in [3.05, 3.63) is 65.2 Å². The molecule has 4 aromatic rings. The second-order valence-electron chi connectivity index (χ2n) is 7.25. The van der Waals surface area contributed by atoms with E-state index in [2.05, 4.69) is 24.2 Å². The maximum Gasteiger partial charge on any atom is 0.139 e. The lowest BCUT2D eigenvalue weighted by Gasteiger charge is -2.12. The molecule has 4 heterocycles. The highest BCUT2D eigenvalue weighted by Gasteiger charge is 2.25. The van der Waals surface area contributed by atoms with Crippen molar-refractivity contribution in [1.29, 1.82) is 0 Å². The van der Waals surface area contributed by atoms with Crippen LogP contribution in [-0.4, -0.2) is 39.0 Å². The molecule has 6 nitrogen and oxygen atoms in total. The highest BCUT2D eigenvalue weighted by Crippen LogP contribution is 2.33. The molecule has 1 aliphatic heterocycles. The fraction of sp³-hybridized carbons (Fsp3) is 0.273. The van der Waals surface area contributed by atoms with E-state index >= 15 is 0 Å². The molecule has 7 heteroatoms. The van der Waals surface area contributed by atoms with E-state index in [1.165, 1.54) is 11.3 Å². The van der Waals surface area contributed by atoms with Crippen molar-refractivity contribution in [3.63, 3.8) is 0 Å². The smallest absolute Gasteiger partial charge is 0.139 e. The summed E-state index contributed by atoms with van der Waals surface area (Å²) in [6.45, 7) is 2.79. The molecule has 0 spiro atoms. The Kier molecular flexibility index (Phi) is 4.53. The number of halogens is 1. The molecule has 3 aromatic heterocycles. The molecule has 148 valence electrons. The van der Waals surface area contributed by atoms with Crippen LogP contribution in [0.4, 0.5) is 0 Å². The zero-order valence-corrected chi connectivity index (χ0v) is 17.1. The molecule has 1 aromatic carbocycles. The van der Waals surface area contributed by atoms with Gasteiger partial charge in [0.15, 0.2) is 0 Å². The molecule has 0 unspecified atom stereocenters. The van der Waals surface area contributed by atoms with Crippen LogP contribution in [0.15, 0.2) is 48.9 Å². The van der Waals surface area contributed by atoms with Crippen LogP contribution in [-0.2, 0) is 17.6 Å². The maximum absolute atomic E-state index is 6.24. The Hall–Kier alpha value is -2.83. The standard InChI is InChI=1S/C22H21ClN4O2/c1-14-11-19-17(7-10-29-14)22(15-3-6-21-24-8-9-26(21)13-15)25-27(19)16-4-5-18(23)20(12-16)28-2/h3-6,8-9,12-14H,7,10-11H2,1-2H3/t14-/m1/s1. The first kappa shape index (κ1) is 18.2. The van der Waals surface area contributed by atoms with Gasteiger partial charge < -0.3 is 13.9 Å². The van der Waals surface area contributed by atoms with Gasteiger partial charge in [-0.2, -0.15) is 5.10 Å². The van der Waals surface area contributed by atoms with E-state index in [-0.39, 0.29) is 6.10 Å². The van der Waals surface area contributed by atoms with Crippen molar-refractivity contribution in [2.24, 2.45) is 0 Å². The second-order valence-corrected chi connectivity index (χ2v) is 7.66. The number of ether oxygens (including phenoxy) is 2. The molecule has 0 bridgehead atoms. The third-order valence-corrected chi connectivity index (χ3v) is 5.68. The van der Waals surface area contributed by atoms with E-state index in [0.29, 0.717) is 17.4 Å². The summed E-state index contributed by atoms with van der Waals surface area (Å²) in [6, 6.07) is 9.83. The topological polar surface area (TPSA) is 53.6 Å². The number of hydrogen-bond acceptors (Lipinski definition) is 4. The second kappa shape index (κ2) is 7.21. The summed E-state index contributed by atoms with van der Waals surface area (Å²) in [5.41, 5.74) is 6.26. The van der Waals surface area contributed by atoms with Crippen LogP contribution in [0.25, 0.3) is 22.6 Å². The van der Waals surface area contributed by atoms with Gasteiger partial charge in [-0.15, -0.1) is 0 Å². The molecule has 0 saturated carbocycles. The number of aromatic nitrogens is 4. The molecule has 1 atom stereocenters. The lowest BCUT2D eigenvalue weighted by molar-refractivity contribution is 0.0735. The summed E-state index contributed by atoms with van der Waals surface area (Å²) in [5.74, 6) is 0.632. The number of imidazole rings is 1. The van der Waals surface area contributed by atoms with Crippen molar-refractivity contribution in [2.75, 3.05) is 13.7 Å². The minimum absolute atomic E-state index is 0.130. The van der Waals surface area contributed by atoms with Crippen LogP contribution < -0.4 is 4.74 Å². The van der Waals surface area contributed by atoms with Crippen LogP contribution in [0.5, 0.6) is 5.75 Å². The zero-order chi connectivity index (χ0) is 20.0. The molecule has 0 radical (unpaired) electrons. The summed E-state index contributed by atoms with van der Waals surface area (Å²) in [7, 11) is 1.62. The van der Waals surface area contributed by atoms with Gasteiger partial charge in [0.25, 0.3) is 0 Å². The van der Waals surface area contributed by atoms with Crippen LogP contribution >= 0.6 is 11.6 Å². The number of fused-ring (bicyclic) bond motifs is 2. The van der Waals surface area contributed by atoms with E-state index < -0.39 is 0 Å². The highest BCUT2D eigenvalue weighted by atomic mass is 35.5. The van der Waals surface area contributed by atoms with Gasteiger partial charge in [0.05, 0.1) is 41.9 Å². The largest absolute Gasteiger partial charge is 0.495 e. The van der Waals surface area contributed by atoms with Crippen LogP contribution in [0.2, 0.25) is 5.02 Å². The molecule has 0 amide bonds. The molecule has 0 aliphatic carbocycles. The summed E-state index contributed by atoms with van der Waals surface area (Å²) >= 11 is 6.24. The van der Waals surface area contributed by atoms with Crippen molar-refractivity contribution in [1.82, 2.24) is 19.2 Å². The van der Waals surface area contributed by atoms with Gasteiger partial charge in [0, 0.05) is 42.2 Å². The predicted octanol–water partition coefficient (Wildman–Crippen LogP) is 4.35. The van der Waals surface area contributed by atoms with Crippen LogP contribution in [0, 0.1) is 0 Å². The molecule has 0 saturated heterocycles. The van der Waals surface area contributed by atoms with Gasteiger partial charge in [0.2, 0.25) is 0 Å². The monoisotopic (exact) mass is 408 g/mol. The molecule has 0 fully saturated rings. The Morgan fingerprint density at radius 3 is 3.00 bits per heavy atom. The lowest BCUT2D eigenvalue weighted by atomic mass is 10.0. The average Bonchev–Trinajstić information content (AvgIpc) is 3.28. The van der Waals surface area contributed by atoms with Crippen LogP contribution in [0.1, 0.15) is 18.2 Å². The van der Waals surface area contributed by atoms with E-state index in [9.17, 15) is 0 Å². The van der Waals surface area contributed by atoms with Gasteiger partial charge in [-0.1, -0.05) is 11.6 Å². The molecular formula is C22H21ClN4O2. The van der Waals surface area contributed by atoms with Crippen molar-refractivity contribution >= 4 is 17.2 Å². The zero-order valence-electron chi connectivity index (χ0n) is 16.3. The van der Waals surface area contributed by atoms with Crippen molar-refractivity contribution < 1.29 is 9.47 Å². The fourth-order valence-corrected chi connectivity index (χ4v) is 4.13. The Balaban J connectivity index is 1.71. The van der Waals surface area contributed by atoms with Crippen molar-refractivity contribution in [3.8, 4) is 22.7 Å². The van der Waals surface area contributed by atoms with E-state index in [4.69, 9.17) is 26.2 Å². The van der Waals surface area contributed by atoms with Gasteiger partial charge in [0.1, 0.15) is 11.4 Å². The number of pyridine rings is 1. The first-order valence-electron chi connectivity index (χ1n) is 9.63. The van der Waals surface area contributed by atoms with Gasteiger partial charge >= 0.3 is 0 Å². The van der Waals surface area contributed by atoms with Gasteiger partial charge in [-0.25, -0.2) is 9.67 Å². The summed E-state index contributed by atoms with van der Waals surface area (Å²) < 4.78 is 15.4.